The minimum Gasteiger partial charge on any atom is -0.449 e. The SMILES string of the molecule is CO[C@@H](/C(C)=C/C=C/C(C)=C/c1coc(C)n1)[C@@H](C)[C@@H](O)C[C@H](O[Si](C(C)C)(C(C)C)C(C)C)/C(C)=C/CO[Si](C)(C)C(C)(C)C. The third-order valence-corrected chi connectivity index (χ3v) is 20.8. The fraction of sp³-hybridized carbons (Fsp3) is 0.711. The van der Waals surface area contributed by atoms with E-state index in [2.05, 4.69) is 113 Å². The third kappa shape index (κ3) is 11.8. The molecule has 4 atom stereocenters. The van der Waals surface area contributed by atoms with E-state index in [0.29, 0.717) is 35.5 Å². The van der Waals surface area contributed by atoms with E-state index in [0.717, 1.165) is 22.4 Å². The summed E-state index contributed by atoms with van der Waals surface area (Å²) in [5.41, 5.74) is 5.38. The first-order chi connectivity index (χ1) is 21.1. The Morgan fingerprint density at radius 2 is 1.54 bits per heavy atom. The Morgan fingerprint density at radius 1 is 0.978 bits per heavy atom. The number of aliphatic hydroxyl groups excluding tert-OH is 1. The summed E-state index contributed by atoms with van der Waals surface area (Å²) in [7, 11) is -2.40. The molecular formula is C38H69NO5Si2. The number of aryl methyl sites for hydroxylation is 1. The fourth-order valence-corrected chi connectivity index (χ4v) is 12.9. The molecule has 0 aliphatic rings. The van der Waals surface area contributed by atoms with Crippen molar-refractivity contribution in [3.8, 4) is 0 Å². The average Bonchev–Trinajstić information content (AvgIpc) is 3.33. The maximum atomic E-state index is 11.8. The molecule has 0 saturated heterocycles. The molecular weight excluding hydrogens is 607 g/mol. The molecule has 1 N–H and O–H groups in total. The molecule has 0 fully saturated rings. The van der Waals surface area contributed by atoms with E-state index in [-0.39, 0.29) is 23.2 Å². The number of aliphatic hydroxyl groups is 1. The van der Waals surface area contributed by atoms with Crippen LogP contribution in [0.4, 0.5) is 0 Å². The smallest absolute Gasteiger partial charge is 0.201 e. The number of hydrogen-bond donors (Lipinski definition) is 1. The predicted molar refractivity (Wildman–Crippen MR) is 201 cm³/mol. The Bertz CT molecular complexity index is 1160. The first kappa shape index (κ1) is 42.5. The monoisotopic (exact) mass is 675 g/mol. The number of rotatable bonds is 18. The molecule has 0 radical (unpaired) electrons. The highest BCUT2D eigenvalue weighted by molar-refractivity contribution is 6.77. The molecule has 264 valence electrons. The predicted octanol–water partition coefficient (Wildman–Crippen LogP) is 10.8. The van der Waals surface area contributed by atoms with Gasteiger partial charge in [-0.2, -0.15) is 0 Å². The van der Waals surface area contributed by atoms with E-state index in [9.17, 15) is 5.11 Å². The largest absolute Gasteiger partial charge is 0.449 e. The second-order valence-electron chi connectivity index (χ2n) is 15.7. The molecule has 0 amide bonds. The summed E-state index contributed by atoms with van der Waals surface area (Å²) in [5.74, 6) is 0.512. The van der Waals surface area contributed by atoms with Crippen LogP contribution in [0.25, 0.3) is 6.08 Å². The zero-order chi connectivity index (χ0) is 35.6. The molecule has 1 rings (SSSR count). The molecule has 0 saturated carbocycles. The van der Waals surface area contributed by atoms with Gasteiger partial charge in [0.2, 0.25) is 8.32 Å². The van der Waals surface area contributed by atoms with Gasteiger partial charge in [0.1, 0.15) is 12.0 Å². The van der Waals surface area contributed by atoms with Crippen LogP contribution >= 0.6 is 0 Å². The van der Waals surface area contributed by atoms with Crippen LogP contribution in [0.5, 0.6) is 0 Å². The first-order valence-corrected chi connectivity index (χ1v) is 22.3. The Balaban J connectivity index is 3.30. The summed E-state index contributed by atoms with van der Waals surface area (Å²) in [6.45, 7) is 36.0. The van der Waals surface area contributed by atoms with Gasteiger partial charge in [-0.3, -0.25) is 0 Å². The lowest BCUT2D eigenvalue weighted by molar-refractivity contribution is -0.00434. The van der Waals surface area contributed by atoms with Gasteiger partial charge in [0.25, 0.3) is 0 Å². The van der Waals surface area contributed by atoms with Gasteiger partial charge in [0.05, 0.1) is 24.9 Å². The van der Waals surface area contributed by atoms with Crippen molar-refractivity contribution in [2.24, 2.45) is 5.92 Å². The van der Waals surface area contributed by atoms with Crippen LogP contribution in [0.3, 0.4) is 0 Å². The Hall–Kier alpha value is -1.56. The molecule has 1 aromatic heterocycles. The Morgan fingerprint density at radius 3 is 2.00 bits per heavy atom. The van der Waals surface area contributed by atoms with Crippen LogP contribution in [0.2, 0.25) is 34.8 Å². The zero-order valence-corrected chi connectivity index (χ0v) is 34.4. The molecule has 1 heterocycles. The minimum absolute atomic E-state index is 0.139. The van der Waals surface area contributed by atoms with Crippen LogP contribution in [0.1, 0.15) is 108 Å². The molecule has 0 aromatic carbocycles. The molecule has 1 aromatic rings. The van der Waals surface area contributed by atoms with Crippen molar-refractivity contribution < 1.29 is 23.1 Å². The van der Waals surface area contributed by atoms with E-state index in [4.69, 9.17) is 18.0 Å². The minimum atomic E-state index is -2.22. The molecule has 0 aliphatic carbocycles. The van der Waals surface area contributed by atoms with Gasteiger partial charge >= 0.3 is 0 Å². The van der Waals surface area contributed by atoms with E-state index in [1.54, 1.807) is 13.4 Å². The highest BCUT2D eigenvalue weighted by Crippen LogP contribution is 2.44. The second-order valence-corrected chi connectivity index (χ2v) is 25.9. The summed E-state index contributed by atoms with van der Waals surface area (Å²) < 4.78 is 25.2. The van der Waals surface area contributed by atoms with Gasteiger partial charge in [0, 0.05) is 26.4 Å². The van der Waals surface area contributed by atoms with Crippen molar-refractivity contribution in [2.75, 3.05) is 13.7 Å². The third-order valence-electron chi connectivity index (χ3n) is 10.2. The molecule has 0 unspecified atom stereocenters. The number of nitrogens with zero attached hydrogens (tertiary/aromatic N) is 1. The molecule has 0 spiro atoms. The van der Waals surface area contributed by atoms with Gasteiger partial charge in [-0.1, -0.05) is 93.5 Å². The highest BCUT2D eigenvalue weighted by atomic mass is 28.4. The van der Waals surface area contributed by atoms with E-state index in [1.165, 1.54) is 0 Å². The number of methoxy groups -OCH3 is 1. The molecule has 0 bridgehead atoms. The number of oxazole rings is 1. The van der Waals surface area contributed by atoms with Crippen molar-refractivity contribution in [3.05, 3.63) is 58.9 Å². The standard InChI is InChI=1S/C38H69NO5Si2/c1-26(2)46(27(3)4,28(5)6)44-36(30(8)21-22-43-45(16,17)38(12,13)14)24-35(40)32(10)37(41-15)31(9)20-18-19-29(7)23-34-25-42-33(11)39-34/h18-21,23,25-28,32,35-37,40H,22,24H2,1-17H3/b19-18+,29-23+,30-21+,31-20+/t32-,35-,36-,37-/m0/s1. The highest BCUT2D eigenvalue weighted by Gasteiger charge is 2.47. The van der Waals surface area contributed by atoms with Gasteiger partial charge < -0.3 is 23.1 Å². The summed E-state index contributed by atoms with van der Waals surface area (Å²) >= 11 is 0. The van der Waals surface area contributed by atoms with E-state index >= 15 is 0 Å². The van der Waals surface area contributed by atoms with Crippen LogP contribution in [0, 0.1) is 12.8 Å². The topological polar surface area (TPSA) is 74.0 Å². The summed E-state index contributed by atoms with van der Waals surface area (Å²) in [5, 5.41) is 11.9. The van der Waals surface area contributed by atoms with Crippen molar-refractivity contribution in [1.29, 1.82) is 0 Å². The lowest BCUT2D eigenvalue weighted by atomic mass is 9.88. The lowest BCUT2D eigenvalue weighted by Crippen LogP contribution is -2.51. The van der Waals surface area contributed by atoms with Gasteiger partial charge in [-0.15, -0.1) is 0 Å². The van der Waals surface area contributed by atoms with Crippen LogP contribution in [-0.4, -0.2) is 58.8 Å². The number of allylic oxidation sites excluding steroid dienone is 4. The van der Waals surface area contributed by atoms with E-state index < -0.39 is 22.7 Å². The van der Waals surface area contributed by atoms with Gasteiger partial charge in [0.15, 0.2) is 14.2 Å². The van der Waals surface area contributed by atoms with Crippen molar-refractivity contribution >= 4 is 22.7 Å². The first-order valence-electron chi connectivity index (χ1n) is 17.2. The number of aromatic nitrogens is 1. The Kier molecular flexibility index (Phi) is 16.9. The molecule has 6 nitrogen and oxygen atoms in total. The molecule has 0 aliphatic heterocycles. The number of ether oxygens (including phenoxy) is 1. The summed E-state index contributed by atoms with van der Waals surface area (Å²) in [6, 6.07) is 0. The quantitative estimate of drug-likeness (QED) is 0.0948. The van der Waals surface area contributed by atoms with Crippen molar-refractivity contribution in [3.63, 3.8) is 0 Å². The lowest BCUT2D eigenvalue weighted by Gasteiger charge is -2.45. The molecule has 8 heteroatoms. The maximum absolute atomic E-state index is 11.8. The second kappa shape index (κ2) is 18.3. The van der Waals surface area contributed by atoms with Crippen LogP contribution < -0.4 is 0 Å². The average molecular weight is 676 g/mol. The maximum Gasteiger partial charge on any atom is 0.201 e. The molecule has 46 heavy (non-hydrogen) atoms. The van der Waals surface area contributed by atoms with Gasteiger partial charge in [-0.05, 0) is 78.3 Å². The van der Waals surface area contributed by atoms with E-state index in [1.807, 2.05) is 32.1 Å². The van der Waals surface area contributed by atoms with Crippen LogP contribution in [-0.2, 0) is 13.6 Å². The zero-order valence-electron chi connectivity index (χ0n) is 32.4. The summed E-state index contributed by atoms with van der Waals surface area (Å²) in [4.78, 5) is 4.34. The van der Waals surface area contributed by atoms with Crippen molar-refractivity contribution in [2.45, 2.75) is 156 Å². The Labute approximate surface area is 285 Å². The van der Waals surface area contributed by atoms with Gasteiger partial charge in [-0.25, -0.2) is 4.98 Å². The van der Waals surface area contributed by atoms with Crippen LogP contribution in [0.15, 0.2) is 51.7 Å². The fourth-order valence-electron chi connectivity index (χ4n) is 6.34. The van der Waals surface area contributed by atoms with Crippen molar-refractivity contribution in [1.82, 2.24) is 4.98 Å². The normalized spacial score (nSPS) is 17.5. The summed E-state index contributed by atoms with van der Waals surface area (Å²) in [6.07, 6.45) is 11.4. The number of hydrogen-bond acceptors (Lipinski definition) is 6.